The highest BCUT2D eigenvalue weighted by Gasteiger charge is 2.26. The molecule has 0 saturated heterocycles. The number of aryl methyl sites for hydroxylation is 1. The highest BCUT2D eigenvalue weighted by Crippen LogP contribution is 2.40. The molecule has 0 spiro atoms. The first-order chi connectivity index (χ1) is 11.8. The van der Waals surface area contributed by atoms with Crippen molar-refractivity contribution in [1.82, 2.24) is 15.1 Å². The van der Waals surface area contributed by atoms with Crippen LogP contribution in [0.2, 0.25) is 0 Å². The highest BCUT2D eigenvalue weighted by molar-refractivity contribution is 5.70. The lowest BCUT2D eigenvalue weighted by Crippen LogP contribution is -2.35. The fraction of sp³-hybridized carbons (Fsp3) is 0.474. The number of benzene rings is 1. The molecule has 0 saturated carbocycles. The fourth-order valence-electron chi connectivity index (χ4n) is 2.99. The standard InChI is InChI=1S/C19H25N3O3/c1-19(2,3)25-18(23)20-12-13-9-11-24-17-14(13)6-5-7-15(17)16-8-10-22(4)21-16/h5-8,10,13H,9,11-12H2,1-4H3,(H,20,23). The van der Waals surface area contributed by atoms with Crippen LogP contribution in [-0.4, -0.2) is 34.6 Å². The lowest BCUT2D eigenvalue weighted by Gasteiger charge is -2.28. The molecule has 3 rings (SSSR count). The van der Waals surface area contributed by atoms with Crippen molar-refractivity contribution in [3.63, 3.8) is 0 Å². The molecule has 134 valence electrons. The Bertz CT molecular complexity index is 762. The zero-order valence-electron chi connectivity index (χ0n) is 15.2. The maximum Gasteiger partial charge on any atom is 0.407 e. The first-order valence-electron chi connectivity index (χ1n) is 8.56. The number of hydrogen-bond donors (Lipinski definition) is 1. The van der Waals surface area contributed by atoms with Gasteiger partial charge in [0.05, 0.1) is 12.3 Å². The van der Waals surface area contributed by atoms with E-state index >= 15 is 0 Å². The first kappa shape index (κ1) is 17.3. The summed E-state index contributed by atoms with van der Waals surface area (Å²) in [5.41, 5.74) is 2.48. The molecule has 2 heterocycles. The number of fused-ring (bicyclic) bond motifs is 1. The van der Waals surface area contributed by atoms with Crippen molar-refractivity contribution in [2.45, 2.75) is 38.7 Å². The third-order valence-electron chi connectivity index (χ3n) is 4.08. The van der Waals surface area contributed by atoms with E-state index in [4.69, 9.17) is 9.47 Å². The van der Waals surface area contributed by atoms with Crippen LogP contribution in [0.4, 0.5) is 4.79 Å². The fourth-order valence-corrected chi connectivity index (χ4v) is 2.99. The van der Waals surface area contributed by atoms with Crippen LogP contribution in [0.5, 0.6) is 5.75 Å². The minimum Gasteiger partial charge on any atom is -0.493 e. The summed E-state index contributed by atoms with van der Waals surface area (Å²) in [6.07, 6.45) is 2.38. The Hall–Kier alpha value is -2.50. The minimum absolute atomic E-state index is 0.194. The van der Waals surface area contributed by atoms with Gasteiger partial charge in [-0.3, -0.25) is 4.68 Å². The molecule has 0 bridgehead atoms. The van der Waals surface area contributed by atoms with Crippen LogP contribution >= 0.6 is 0 Å². The molecule has 25 heavy (non-hydrogen) atoms. The summed E-state index contributed by atoms with van der Waals surface area (Å²) in [7, 11) is 1.90. The van der Waals surface area contributed by atoms with E-state index in [0.717, 1.165) is 29.0 Å². The Balaban J connectivity index is 1.77. The van der Waals surface area contributed by atoms with E-state index in [9.17, 15) is 4.79 Å². The van der Waals surface area contributed by atoms with Crippen LogP contribution in [0.15, 0.2) is 30.5 Å². The van der Waals surface area contributed by atoms with Crippen molar-refractivity contribution in [3.05, 3.63) is 36.0 Å². The van der Waals surface area contributed by atoms with E-state index in [-0.39, 0.29) is 12.0 Å². The summed E-state index contributed by atoms with van der Waals surface area (Å²) >= 11 is 0. The van der Waals surface area contributed by atoms with Gasteiger partial charge in [-0.05, 0) is 44.9 Å². The number of alkyl carbamates (subject to hydrolysis) is 1. The molecule has 2 aromatic rings. The third kappa shape index (κ3) is 4.13. The number of nitrogens with one attached hydrogen (secondary N) is 1. The zero-order valence-corrected chi connectivity index (χ0v) is 15.2. The van der Waals surface area contributed by atoms with Gasteiger partial charge in [-0.2, -0.15) is 5.10 Å². The van der Waals surface area contributed by atoms with Gasteiger partial charge in [-0.1, -0.05) is 12.1 Å². The van der Waals surface area contributed by atoms with Crippen molar-refractivity contribution in [2.24, 2.45) is 7.05 Å². The van der Waals surface area contributed by atoms with Gasteiger partial charge in [0.25, 0.3) is 0 Å². The number of carbonyl (C=O) groups excluding carboxylic acids is 1. The number of hydrogen-bond acceptors (Lipinski definition) is 4. The average molecular weight is 343 g/mol. The van der Waals surface area contributed by atoms with E-state index in [1.54, 1.807) is 4.68 Å². The van der Waals surface area contributed by atoms with E-state index < -0.39 is 5.60 Å². The summed E-state index contributed by atoms with van der Waals surface area (Å²) in [4.78, 5) is 11.9. The normalized spacial score (nSPS) is 16.7. The molecule has 1 amide bonds. The number of aromatic nitrogens is 2. The molecule has 0 radical (unpaired) electrons. The zero-order chi connectivity index (χ0) is 18.0. The van der Waals surface area contributed by atoms with Crippen LogP contribution in [-0.2, 0) is 11.8 Å². The second kappa shape index (κ2) is 6.78. The van der Waals surface area contributed by atoms with Crippen LogP contribution in [0.3, 0.4) is 0 Å². The second-order valence-electron chi connectivity index (χ2n) is 7.32. The number of rotatable bonds is 3. The predicted octanol–water partition coefficient (Wildman–Crippen LogP) is 3.48. The monoisotopic (exact) mass is 343 g/mol. The Morgan fingerprint density at radius 1 is 1.40 bits per heavy atom. The molecule has 0 aliphatic carbocycles. The van der Waals surface area contributed by atoms with E-state index in [1.807, 2.05) is 52.2 Å². The summed E-state index contributed by atoms with van der Waals surface area (Å²) in [6, 6.07) is 8.06. The van der Waals surface area contributed by atoms with Gasteiger partial charge >= 0.3 is 6.09 Å². The number of ether oxygens (including phenoxy) is 2. The number of carbonyl (C=O) groups is 1. The predicted molar refractivity (Wildman–Crippen MR) is 95.7 cm³/mol. The molecule has 6 heteroatoms. The number of para-hydroxylation sites is 1. The Morgan fingerprint density at radius 2 is 2.20 bits per heavy atom. The summed E-state index contributed by atoms with van der Waals surface area (Å²) in [5.74, 6) is 1.06. The Morgan fingerprint density at radius 3 is 2.88 bits per heavy atom. The number of amides is 1. The quantitative estimate of drug-likeness (QED) is 0.927. The molecule has 1 unspecified atom stereocenters. The maximum absolute atomic E-state index is 11.9. The molecule has 1 aromatic carbocycles. The highest BCUT2D eigenvalue weighted by atomic mass is 16.6. The molecule has 1 N–H and O–H groups in total. The molecule has 1 aliphatic heterocycles. The molecule has 6 nitrogen and oxygen atoms in total. The van der Waals surface area contributed by atoms with Gasteiger partial charge in [0.2, 0.25) is 0 Å². The smallest absolute Gasteiger partial charge is 0.407 e. The molecule has 1 aromatic heterocycles. The largest absolute Gasteiger partial charge is 0.493 e. The minimum atomic E-state index is -0.496. The lowest BCUT2D eigenvalue weighted by molar-refractivity contribution is 0.0521. The molecular formula is C19H25N3O3. The Kier molecular flexibility index (Phi) is 4.70. The summed E-state index contributed by atoms with van der Waals surface area (Å²) in [6.45, 7) is 6.72. The SMILES string of the molecule is Cn1ccc(-c2cccc3c2OCCC3CNC(=O)OC(C)(C)C)n1. The topological polar surface area (TPSA) is 65.4 Å². The molecule has 1 aliphatic rings. The number of nitrogens with zero attached hydrogens (tertiary/aromatic N) is 2. The summed E-state index contributed by atoms with van der Waals surface area (Å²) < 4.78 is 13.0. The van der Waals surface area contributed by atoms with Gasteiger partial charge in [0.1, 0.15) is 11.4 Å². The van der Waals surface area contributed by atoms with Crippen molar-refractivity contribution in [1.29, 1.82) is 0 Å². The van der Waals surface area contributed by atoms with Crippen molar-refractivity contribution in [3.8, 4) is 17.0 Å². The first-order valence-corrected chi connectivity index (χ1v) is 8.56. The van der Waals surface area contributed by atoms with Crippen molar-refractivity contribution < 1.29 is 14.3 Å². The Labute approximate surface area is 148 Å². The van der Waals surface area contributed by atoms with Crippen LogP contribution < -0.4 is 10.1 Å². The van der Waals surface area contributed by atoms with Crippen LogP contribution in [0.1, 0.15) is 38.7 Å². The average Bonchev–Trinajstić information content (AvgIpc) is 2.97. The molecular weight excluding hydrogens is 318 g/mol. The van der Waals surface area contributed by atoms with E-state index in [2.05, 4.69) is 16.5 Å². The van der Waals surface area contributed by atoms with Gasteiger partial charge in [-0.15, -0.1) is 0 Å². The lowest BCUT2D eigenvalue weighted by atomic mass is 9.90. The van der Waals surface area contributed by atoms with Crippen molar-refractivity contribution >= 4 is 6.09 Å². The van der Waals surface area contributed by atoms with E-state index in [0.29, 0.717) is 13.2 Å². The molecule has 1 atom stereocenters. The molecule has 0 fully saturated rings. The van der Waals surface area contributed by atoms with Gasteiger partial charge in [0.15, 0.2) is 0 Å². The third-order valence-corrected chi connectivity index (χ3v) is 4.08. The van der Waals surface area contributed by atoms with Crippen LogP contribution in [0, 0.1) is 0 Å². The van der Waals surface area contributed by atoms with Gasteiger partial charge in [0, 0.05) is 31.3 Å². The van der Waals surface area contributed by atoms with E-state index in [1.165, 1.54) is 0 Å². The van der Waals surface area contributed by atoms with Crippen LogP contribution in [0.25, 0.3) is 11.3 Å². The second-order valence-corrected chi connectivity index (χ2v) is 7.32. The maximum atomic E-state index is 11.9. The van der Waals surface area contributed by atoms with Gasteiger partial charge in [-0.25, -0.2) is 4.79 Å². The van der Waals surface area contributed by atoms with Gasteiger partial charge < -0.3 is 14.8 Å². The summed E-state index contributed by atoms with van der Waals surface area (Å²) in [5, 5.41) is 7.35. The van der Waals surface area contributed by atoms with Crippen molar-refractivity contribution in [2.75, 3.05) is 13.2 Å².